The molecule has 9 nitrogen and oxygen atoms in total. The summed E-state index contributed by atoms with van der Waals surface area (Å²) in [4.78, 5) is 39.2. The summed E-state index contributed by atoms with van der Waals surface area (Å²) in [6.07, 6.45) is 1.75. The first-order chi connectivity index (χ1) is 18.3. The first-order valence-corrected chi connectivity index (χ1v) is 14.7. The number of nitrogens with zero attached hydrogens (tertiary/aromatic N) is 3. The molecule has 3 aromatic rings. The molecule has 0 aliphatic rings. The van der Waals surface area contributed by atoms with Gasteiger partial charge in [-0.3, -0.25) is 4.79 Å². The number of thioether (sulfide) groups is 2. The number of esters is 2. The minimum Gasteiger partial charge on any atom is -0.462 e. The van der Waals surface area contributed by atoms with Crippen LogP contribution in [0.25, 0.3) is 0 Å². The molecule has 202 valence electrons. The zero-order valence-electron chi connectivity index (χ0n) is 21.7. The molecular formula is C26H30N4O5S3. The number of aryl methyl sites for hydroxylation is 1. The van der Waals surface area contributed by atoms with Crippen molar-refractivity contribution in [2.45, 2.75) is 50.0 Å². The topological polar surface area (TPSA) is 112 Å². The van der Waals surface area contributed by atoms with Gasteiger partial charge in [0.15, 0.2) is 5.16 Å². The second-order valence-corrected chi connectivity index (χ2v) is 10.9. The molecule has 38 heavy (non-hydrogen) atoms. The van der Waals surface area contributed by atoms with E-state index in [0.29, 0.717) is 23.0 Å². The smallest absolute Gasteiger partial charge is 0.348 e. The molecule has 0 saturated heterocycles. The summed E-state index contributed by atoms with van der Waals surface area (Å²) in [5, 5.41) is 12.2. The van der Waals surface area contributed by atoms with Crippen molar-refractivity contribution < 1.29 is 23.9 Å². The molecule has 0 spiro atoms. The van der Waals surface area contributed by atoms with Crippen molar-refractivity contribution in [2.75, 3.05) is 24.3 Å². The van der Waals surface area contributed by atoms with E-state index < -0.39 is 11.9 Å². The summed E-state index contributed by atoms with van der Waals surface area (Å²) in [5.41, 5.74) is 1.77. The number of anilines is 1. The molecule has 0 saturated carbocycles. The van der Waals surface area contributed by atoms with Gasteiger partial charge in [-0.15, -0.1) is 39.9 Å². The highest BCUT2D eigenvalue weighted by molar-refractivity contribution is 7.99. The molecule has 12 heteroatoms. The van der Waals surface area contributed by atoms with E-state index in [9.17, 15) is 14.4 Å². The van der Waals surface area contributed by atoms with Crippen molar-refractivity contribution in [3.05, 3.63) is 64.3 Å². The van der Waals surface area contributed by atoms with E-state index in [4.69, 9.17) is 9.47 Å². The number of benzene rings is 1. The van der Waals surface area contributed by atoms with Gasteiger partial charge in [-0.05, 0) is 45.4 Å². The van der Waals surface area contributed by atoms with Gasteiger partial charge < -0.3 is 19.4 Å². The van der Waals surface area contributed by atoms with Gasteiger partial charge in [0.1, 0.15) is 15.7 Å². The monoisotopic (exact) mass is 574 g/mol. The van der Waals surface area contributed by atoms with Gasteiger partial charge in [-0.1, -0.05) is 35.5 Å². The van der Waals surface area contributed by atoms with Gasteiger partial charge in [0, 0.05) is 11.4 Å². The number of rotatable bonds is 13. The maximum absolute atomic E-state index is 12.9. The third-order valence-corrected chi connectivity index (χ3v) is 8.33. The molecule has 0 fully saturated rings. The number of allylic oxidation sites excluding steroid dienone is 1. The second-order valence-electron chi connectivity index (χ2n) is 7.94. The SMILES string of the molecule is C=CCn1c(CSc2ccc(C)cc2)nnc1SCC(=O)Nc1sc(C(=O)OCC)c(C)c1C(=O)OCC. The summed E-state index contributed by atoms with van der Waals surface area (Å²) in [7, 11) is 0. The van der Waals surface area contributed by atoms with Crippen LogP contribution in [0.2, 0.25) is 0 Å². The predicted octanol–water partition coefficient (Wildman–Crippen LogP) is 5.52. The molecule has 1 amide bonds. The van der Waals surface area contributed by atoms with Crippen molar-refractivity contribution in [3.8, 4) is 0 Å². The lowest BCUT2D eigenvalue weighted by Crippen LogP contribution is -2.17. The molecule has 1 N–H and O–H groups in total. The molecule has 0 unspecified atom stereocenters. The van der Waals surface area contributed by atoms with Gasteiger partial charge in [0.2, 0.25) is 5.91 Å². The summed E-state index contributed by atoms with van der Waals surface area (Å²) >= 11 is 3.87. The number of carbonyl (C=O) groups excluding carboxylic acids is 3. The van der Waals surface area contributed by atoms with Crippen LogP contribution in [0.4, 0.5) is 5.00 Å². The third-order valence-electron chi connectivity index (χ3n) is 5.17. The molecule has 0 aliphatic heterocycles. The Kier molecular flexibility index (Phi) is 11.0. The van der Waals surface area contributed by atoms with E-state index in [2.05, 4.69) is 46.4 Å². The van der Waals surface area contributed by atoms with Crippen molar-refractivity contribution in [1.29, 1.82) is 0 Å². The number of hydrogen-bond donors (Lipinski definition) is 1. The Morgan fingerprint density at radius 2 is 1.74 bits per heavy atom. The molecule has 3 rings (SSSR count). The normalized spacial score (nSPS) is 10.7. The number of amides is 1. The Balaban J connectivity index is 1.71. The molecule has 0 bridgehead atoms. The van der Waals surface area contributed by atoms with Crippen molar-refractivity contribution in [2.24, 2.45) is 0 Å². The van der Waals surface area contributed by atoms with Crippen molar-refractivity contribution in [3.63, 3.8) is 0 Å². The highest BCUT2D eigenvalue weighted by atomic mass is 32.2. The Morgan fingerprint density at radius 3 is 2.39 bits per heavy atom. The number of hydrogen-bond acceptors (Lipinski definition) is 10. The van der Waals surface area contributed by atoms with Crippen molar-refractivity contribution >= 4 is 57.7 Å². The summed E-state index contributed by atoms with van der Waals surface area (Å²) in [6.45, 7) is 11.7. The van der Waals surface area contributed by atoms with E-state index in [0.717, 1.165) is 22.1 Å². The van der Waals surface area contributed by atoms with Crippen LogP contribution in [-0.2, 0) is 26.6 Å². The zero-order valence-corrected chi connectivity index (χ0v) is 24.2. The molecular weight excluding hydrogens is 545 g/mol. The quantitative estimate of drug-likeness (QED) is 0.160. The maximum Gasteiger partial charge on any atom is 0.348 e. The second kappa shape index (κ2) is 14.2. The van der Waals surface area contributed by atoms with Crippen LogP contribution < -0.4 is 5.32 Å². The Labute approximate surface area is 234 Å². The minimum absolute atomic E-state index is 0.0222. The van der Waals surface area contributed by atoms with E-state index in [1.54, 1.807) is 38.6 Å². The average molecular weight is 575 g/mol. The summed E-state index contributed by atoms with van der Waals surface area (Å²) in [6, 6.07) is 8.26. The Bertz CT molecular complexity index is 1300. The first-order valence-electron chi connectivity index (χ1n) is 11.9. The fraction of sp³-hybridized carbons (Fsp3) is 0.346. The molecule has 0 aliphatic carbocycles. The number of carbonyl (C=O) groups is 3. The Hall–Kier alpha value is -3.09. The molecule has 0 atom stereocenters. The first kappa shape index (κ1) is 29.5. The van der Waals surface area contributed by atoms with Crippen LogP contribution >= 0.6 is 34.9 Å². The van der Waals surface area contributed by atoms with Crippen LogP contribution in [0, 0.1) is 13.8 Å². The number of ether oxygens (including phenoxy) is 2. The van der Waals surface area contributed by atoms with Crippen molar-refractivity contribution in [1.82, 2.24) is 14.8 Å². The van der Waals surface area contributed by atoms with E-state index in [-0.39, 0.29) is 40.3 Å². The lowest BCUT2D eigenvalue weighted by atomic mass is 10.1. The van der Waals surface area contributed by atoms with Gasteiger partial charge in [0.05, 0.1) is 30.3 Å². The summed E-state index contributed by atoms with van der Waals surface area (Å²) < 4.78 is 12.2. The number of nitrogens with one attached hydrogen (secondary N) is 1. The lowest BCUT2D eigenvalue weighted by Gasteiger charge is -2.09. The molecule has 2 aromatic heterocycles. The highest BCUT2D eigenvalue weighted by Crippen LogP contribution is 2.34. The zero-order chi connectivity index (χ0) is 27.7. The van der Waals surface area contributed by atoms with Gasteiger partial charge in [-0.25, -0.2) is 9.59 Å². The number of thiophene rings is 1. The van der Waals surface area contributed by atoms with E-state index in [1.807, 2.05) is 11.5 Å². The van der Waals surface area contributed by atoms with Gasteiger partial charge >= 0.3 is 11.9 Å². The fourth-order valence-corrected chi connectivity index (χ4v) is 6.07. The minimum atomic E-state index is -0.610. The molecule has 1 aromatic carbocycles. The average Bonchev–Trinajstić information content (AvgIpc) is 3.42. The molecule has 0 radical (unpaired) electrons. The van der Waals surface area contributed by atoms with Crippen LogP contribution in [0.3, 0.4) is 0 Å². The van der Waals surface area contributed by atoms with E-state index in [1.165, 1.54) is 17.3 Å². The third kappa shape index (κ3) is 7.49. The number of aromatic nitrogens is 3. The highest BCUT2D eigenvalue weighted by Gasteiger charge is 2.27. The van der Waals surface area contributed by atoms with Crippen LogP contribution in [-0.4, -0.2) is 51.6 Å². The fourth-order valence-electron chi connectivity index (χ4n) is 3.36. The van der Waals surface area contributed by atoms with Crippen LogP contribution in [0.15, 0.2) is 47.0 Å². The van der Waals surface area contributed by atoms with Gasteiger partial charge in [-0.2, -0.15) is 0 Å². The Morgan fingerprint density at radius 1 is 1.05 bits per heavy atom. The predicted molar refractivity (Wildman–Crippen MR) is 151 cm³/mol. The van der Waals surface area contributed by atoms with Crippen LogP contribution in [0.5, 0.6) is 0 Å². The summed E-state index contributed by atoms with van der Waals surface area (Å²) in [5.74, 6) is -0.110. The largest absolute Gasteiger partial charge is 0.462 e. The molecule has 2 heterocycles. The maximum atomic E-state index is 12.9. The van der Waals surface area contributed by atoms with Gasteiger partial charge in [0.25, 0.3) is 0 Å². The van der Waals surface area contributed by atoms with Crippen LogP contribution in [0.1, 0.15) is 50.8 Å². The van der Waals surface area contributed by atoms with E-state index >= 15 is 0 Å². The lowest BCUT2D eigenvalue weighted by molar-refractivity contribution is -0.113. The standard InChI is InChI=1S/C26H30N4O5S3/c1-6-13-30-19(14-36-18-11-9-16(4)10-12-18)28-29-26(30)37-15-20(31)27-23-21(24(32)34-7-2)17(5)22(38-23)25(33)35-8-3/h6,9-12H,1,7-8,13-15H2,2-5H3,(H,27,31).